The highest BCUT2D eigenvalue weighted by atomic mass is 32.2. The maximum Gasteiger partial charge on any atom is 0.147 e. The van der Waals surface area contributed by atoms with E-state index >= 15 is 0 Å². The van der Waals surface area contributed by atoms with E-state index in [4.69, 9.17) is 5.73 Å². The van der Waals surface area contributed by atoms with Gasteiger partial charge in [-0.05, 0) is 38.8 Å². The molecule has 0 bridgehead atoms. The molecule has 15 heavy (non-hydrogen) atoms. The van der Waals surface area contributed by atoms with E-state index in [0.29, 0.717) is 11.8 Å². The van der Waals surface area contributed by atoms with Gasteiger partial charge in [0.05, 0.1) is 5.75 Å². The summed E-state index contributed by atoms with van der Waals surface area (Å²) in [7, 11) is -0.748. The van der Waals surface area contributed by atoms with Crippen molar-refractivity contribution in [3.63, 3.8) is 0 Å². The molecule has 2 N–H and O–H groups in total. The summed E-state index contributed by atoms with van der Waals surface area (Å²) in [6.07, 6.45) is 4.26. The molecule has 0 aromatic heterocycles. The van der Waals surface area contributed by atoms with Gasteiger partial charge in [-0.15, -0.1) is 0 Å². The van der Waals surface area contributed by atoms with Crippen molar-refractivity contribution in [1.29, 1.82) is 0 Å². The van der Waals surface area contributed by atoms with E-state index in [2.05, 4.69) is 4.90 Å². The lowest BCUT2D eigenvalue weighted by molar-refractivity contribution is 0.183. The van der Waals surface area contributed by atoms with Crippen molar-refractivity contribution in [2.75, 3.05) is 32.1 Å². The predicted molar refractivity (Wildman–Crippen MR) is 62.5 cm³/mol. The summed E-state index contributed by atoms with van der Waals surface area (Å²) in [5.74, 6) is 1.02. The molecule has 0 unspecified atom stereocenters. The minimum absolute atomic E-state index is 0.293. The van der Waals surface area contributed by atoms with Crippen molar-refractivity contribution in [2.24, 2.45) is 11.7 Å². The van der Waals surface area contributed by atoms with Crippen LogP contribution in [0.4, 0.5) is 0 Å². The van der Waals surface area contributed by atoms with Crippen molar-refractivity contribution >= 4 is 9.84 Å². The standard InChI is InChI=1S/C10H22N2O2S/c1-12(4-3-5-15(2,13)14)8-9-6-10(11)7-9/h9-10H,3-8,11H2,1-2H3. The maximum absolute atomic E-state index is 10.9. The van der Waals surface area contributed by atoms with Crippen molar-refractivity contribution in [2.45, 2.75) is 25.3 Å². The first kappa shape index (κ1) is 12.9. The van der Waals surface area contributed by atoms with E-state index in [9.17, 15) is 8.42 Å². The van der Waals surface area contributed by atoms with Gasteiger partial charge in [-0.25, -0.2) is 8.42 Å². The lowest BCUT2D eigenvalue weighted by Crippen LogP contribution is -2.42. The Kier molecular flexibility index (Phi) is 4.55. The summed E-state index contributed by atoms with van der Waals surface area (Å²) in [5.41, 5.74) is 5.70. The SMILES string of the molecule is CN(CCCS(C)(=O)=O)CC1CC(N)C1. The topological polar surface area (TPSA) is 63.4 Å². The van der Waals surface area contributed by atoms with Gasteiger partial charge in [0.1, 0.15) is 9.84 Å². The van der Waals surface area contributed by atoms with Crippen LogP contribution in [0.25, 0.3) is 0 Å². The molecule has 0 amide bonds. The molecule has 0 spiro atoms. The van der Waals surface area contributed by atoms with Crippen LogP contribution in [0.5, 0.6) is 0 Å². The second-order valence-corrected chi connectivity index (χ2v) is 7.10. The van der Waals surface area contributed by atoms with E-state index in [1.165, 1.54) is 6.26 Å². The number of nitrogens with zero attached hydrogens (tertiary/aromatic N) is 1. The van der Waals surface area contributed by atoms with Crippen LogP contribution < -0.4 is 5.73 Å². The van der Waals surface area contributed by atoms with Gasteiger partial charge in [-0.2, -0.15) is 0 Å². The fourth-order valence-corrected chi connectivity index (χ4v) is 2.72. The number of sulfone groups is 1. The Morgan fingerprint density at radius 3 is 2.47 bits per heavy atom. The van der Waals surface area contributed by atoms with Crippen molar-refractivity contribution in [3.05, 3.63) is 0 Å². The minimum Gasteiger partial charge on any atom is -0.328 e. The summed E-state index contributed by atoms with van der Waals surface area (Å²) >= 11 is 0. The third-order valence-electron chi connectivity index (χ3n) is 2.90. The molecule has 1 aliphatic rings. The van der Waals surface area contributed by atoms with E-state index in [1.54, 1.807) is 0 Å². The molecule has 0 aromatic rings. The van der Waals surface area contributed by atoms with E-state index in [0.717, 1.165) is 38.3 Å². The molecule has 0 heterocycles. The molecule has 5 heteroatoms. The molecule has 4 nitrogen and oxygen atoms in total. The highest BCUT2D eigenvalue weighted by molar-refractivity contribution is 7.90. The fourth-order valence-electron chi connectivity index (χ4n) is 2.07. The Bertz CT molecular complexity index is 284. The zero-order chi connectivity index (χ0) is 11.5. The zero-order valence-corrected chi connectivity index (χ0v) is 10.5. The lowest BCUT2D eigenvalue weighted by Gasteiger charge is -2.35. The summed E-state index contributed by atoms with van der Waals surface area (Å²) in [5, 5.41) is 0. The molecule has 0 aliphatic heterocycles. The minimum atomic E-state index is -2.80. The number of rotatable bonds is 6. The van der Waals surface area contributed by atoms with Gasteiger partial charge < -0.3 is 10.6 Å². The first-order valence-electron chi connectivity index (χ1n) is 5.48. The molecule has 0 saturated heterocycles. The van der Waals surface area contributed by atoms with Gasteiger partial charge in [0, 0.05) is 18.8 Å². The third kappa shape index (κ3) is 5.49. The Morgan fingerprint density at radius 1 is 1.40 bits per heavy atom. The smallest absolute Gasteiger partial charge is 0.147 e. The van der Waals surface area contributed by atoms with Gasteiger partial charge in [0.2, 0.25) is 0 Å². The normalized spacial score (nSPS) is 26.7. The van der Waals surface area contributed by atoms with Crippen molar-refractivity contribution in [1.82, 2.24) is 4.90 Å². The first-order chi connectivity index (χ1) is 6.87. The largest absolute Gasteiger partial charge is 0.328 e. The molecular weight excluding hydrogens is 212 g/mol. The quantitative estimate of drug-likeness (QED) is 0.707. The zero-order valence-electron chi connectivity index (χ0n) is 9.65. The maximum atomic E-state index is 10.9. The Balaban J connectivity index is 2.06. The number of hydrogen-bond acceptors (Lipinski definition) is 4. The Labute approximate surface area is 92.7 Å². The van der Waals surface area contributed by atoms with E-state index in [-0.39, 0.29) is 0 Å². The molecule has 1 fully saturated rings. The van der Waals surface area contributed by atoms with Crippen molar-refractivity contribution in [3.8, 4) is 0 Å². The van der Waals surface area contributed by atoms with Crippen LogP contribution >= 0.6 is 0 Å². The van der Waals surface area contributed by atoms with Crippen LogP contribution in [0.15, 0.2) is 0 Å². The number of nitrogens with two attached hydrogens (primary N) is 1. The highest BCUT2D eigenvalue weighted by Crippen LogP contribution is 2.25. The second-order valence-electron chi connectivity index (χ2n) is 4.84. The van der Waals surface area contributed by atoms with Crippen LogP contribution in [-0.2, 0) is 9.84 Å². The number of hydrogen-bond donors (Lipinski definition) is 1. The summed E-state index contributed by atoms with van der Waals surface area (Å²) in [6, 6.07) is 0.402. The molecular formula is C10H22N2O2S. The lowest BCUT2D eigenvalue weighted by atomic mass is 9.80. The van der Waals surface area contributed by atoms with Crippen molar-refractivity contribution < 1.29 is 8.42 Å². The molecule has 1 saturated carbocycles. The van der Waals surface area contributed by atoms with Crippen LogP contribution in [0, 0.1) is 5.92 Å². The van der Waals surface area contributed by atoms with Crippen LogP contribution in [0.3, 0.4) is 0 Å². The first-order valence-corrected chi connectivity index (χ1v) is 7.55. The summed E-state index contributed by atoms with van der Waals surface area (Å²) in [4.78, 5) is 2.21. The molecule has 1 rings (SSSR count). The molecule has 0 aromatic carbocycles. The Hall–Kier alpha value is -0.130. The summed E-state index contributed by atoms with van der Waals surface area (Å²) < 4.78 is 21.8. The Morgan fingerprint density at radius 2 is 2.00 bits per heavy atom. The monoisotopic (exact) mass is 234 g/mol. The van der Waals surface area contributed by atoms with Crippen LogP contribution in [-0.4, -0.2) is 51.5 Å². The fraction of sp³-hybridized carbons (Fsp3) is 1.00. The highest BCUT2D eigenvalue weighted by Gasteiger charge is 2.26. The van der Waals surface area contributed by atoms with Gasteiger partial charge >= 0.3 is 0 Å². The van der Waals surface area contributed by atoms with Gasteiger partial charge in [0.15, 0.2) is 0 Å². The second kappa shape index (κ2) is 5.27. The third-order valence-corrected chi connectivity index (χ3v) is 3.93. The van der Waals surface area contributed by atoms with Gasteiger partial charge in [-0.3, -0.25) is 0 Å². The molecule has 0 radical (unpaired) electrons. The molecule has 1 aliphatic carbocycles. The summed E-state index contributed by atoms with van der Waals surface area (Å²) in [6.45, 7) is 1.91. The predicted octanol–water partition coefficient (Wildman–Crippen LogP) is 0.0902. The average Bonchev–Trinajstić information content (AvgIpc) is 1.98. The van der Waals surface area contributed by atoms with Crippen LogP contribution in [0.2, 0.25) is 0 Å². The van der Waals surface area contributed by atoms with E-state index in [1.807, 2.05) is 7.05 Å². The van der Waals surface area contributed by atoms with Gasteiger partial charge in [0.25, 0.3) is 0 Å². The van der Waals surface area contributed by atoms with Crippen LogP contribution in [0.1, 0.15) is 19.3 Å². The average molecular weight is 234 g/mol. The molecule has 0 atom stereocenters. The molecule has 90 valence electrons. The van der Waals surface area contributed by atoms with E-state index < -0.39 is 9.84 Å². The van der Waals surface area contributed by atoms with Gasteiger partial charge in [-0.1, -0.05) is 0 Å².